The first-order chi connectivity index (χ1) is 15.3. The second kappa shape index (κ2) is 6.09. The molecule has 146 valence electrons. The van der Waals surface area contributed by atoms with Gasteiger partial charge in [0.15, 0.2) is 0 Å². The third kappa shape index (κ3) is 2.16. The van der Waals surface area contributed by atoms with E-state index in [2.05, 4.69) is 109 Å². The summed E-state index contributed by atoms with van der Waals surface area (Å²) in [7, 11) is 0. The Kier molecular flexibility index (Phi) is 3.32. The lowest BCUT2D eigenvalue weighted by Crippen LogP contribution is -1.94. The van der Waals surface area contributed by atoms with Gasteiger partial charge in [-0.3, -0.25) is 0 Å². The molecule has 0 aliphatic heterocycles. The van der Waals surface area contributed by atoms with Gasteiger partial charge in [0.05, 0.1) is 11.0 Å². The van der Waals surface area contributed by atoms with Crippen LogP contribution in [-0.2, 0) is 6.42 Å². The molecule has 0 unspecified atom stereocenters. The van der Waals surface area contributed by atoms with E-state index in [1.165, 1.54) is 66.1 Å². The molecule has 7 rings (SSSR count). The molecule has 0 spiro atoms. The van der Waals surface area contributed by atoms with Crippen LogP contribution < -0.4 is 0 Å². The highest BCUT2D eigenvalue weighted by Crippen LogP contribution is 2.49. The minimum atomic E-state index is 1.05. The molecule has 0 fully saturated rings. The Labute approximate surface area is 181 Å². The van der Waals surface area contributed by atoms with Gasteiger partial charge in [0, 0.05) is 16.5 Å². The highest BCUT2D eigenvalue weighted by atomic mass is 15.0. The number of nitrogens with zero attached hydrogens (tertiary/aromatic N) is 1. The van der Waals surface area contributed by atoms with Gasteiger partial charge >= 0.3 is 0 Å². The molecule has 6 aromatic rings. The maximum absolute atomic E-state index is 2.43. The molecule has 0 saturated carbocycles. The average molecular weight is 396 g/mol. The summed E-state index contributed by atoms with van der Waals surface area (Å²) in [6, 6.07) is 35.9. The maximum atomic E-state index is 2.43. The van der Waals surface area contributed by atoms with Crippen LogP contribution in [0.2, 0.25) is 0 Å². The molecule has 1 nitrogen and oxygen atoms in total. The van der Waals surface area contributed by atoms with Crippen LogP contribution >= 0.6 is 0 Å². The molecule has 1 aromatic heterocycles. The zero-order valence-electron chi connectivity index (χ0n) is 17.4. The standard InChI is InChI=1S/C30H21N/c1-2-19-14-16-22-23-12-7-13-26-29(23)30-27(31(26)21-9-4-3-5-10-21)17-15-20-8-6-11-24(28(20)30)25(22)18-19/h3-18H,2H2,1H3. The van der Waals surface area contributed by atoms with Crippen molar-refractivity contribution in [3.05, 3.63) is 103 Å². The Morgan fingerprint density at radius 3 is 2.16 bits per heavy atom. The van der Waals surface area contributed by atoms with Crippen molar-refractivity contribution in [3.8, 4) is 27.9 Å². The fourth-order valence-corrected chi connectivity index (χ4v) is 5.50. The van der Waals surface area contributed by atoms with Gasteiger partial charge in [-0.25, -0.2) is 0 Å². The Morgan fingerprint density at radius 1 is 0.548 bits per heavy atom. The molecular formula is C30H21N. The number of benzene rings is 5. The fourth-order valence-electron chi connectivity index (χ4n) is 5.50. The molecule has 1 heterocycles. The normalized spacial score (nSPS) is 12.2. The number of fused-ring (bicyclic) bond motifs is 3. The molecular weight excluding hydrogens is 374 g/mol. The predicted molar refractivity (Wildman–Crippen MR) is 132 cm³/mol. The van der Waals surface area contributed by atoms with Gasteiger partial charge < -0.3 is 4.57 Å². The minimum absolute atomic E-state index is 1.05. The van der Waals surface area contributed by atoms with Gasteiger partial charge in [0.2, 0.25) is 0 Å². The van der Waals surface area contributed by atoms with Gasteiger partial charge in [0.1, 0.15) is 0 Å². The first kappa shape index (κ1) is 16.9. The van der Waals surface area contributed by atoms with Crippen LogP contribution in [0.15, 0.2) is 97.1 Å². The number of aryl methyl sites for hydroxylation is 1. The number of aromatic nitrogens is 1. The molecule has 1 aliphatic rings. The highest BCUT2D eigenvalue weighted by Gasteiger charge is 2.24. The third-order valence-corrected chi connectivity index (χ3v) is 6.88. The lowest BCUT2D eigenvalue weighted by atomic mass is 9.91. The number of hydrogen-bond acceptors (Lipinski definition) is 0. The topological polar surface area (TPSA) is 4.93 Å². The summed E-state index contributed by atoms with van der Waals surface area (Å²) < 4.78 is 2.43. The quantitative estimate of drug-likeness (QED) is 0.278. The second-order valence-electron chi connectivity index (χ2n) is 8.47. The molecule has 1 aliphatic carbocycles. The summed E-state index contributed by atoms with van der Waals surface area (Å²) in [6.45, 7) is 2.23. The van der Waals surface area contributed by atoms with E-state index in [0.29, 0.717) is 0 Å². The van der Waals surface area contributed by atoms with Crippen molar-refractivity contribution in [3.63, 3.8) is 0 Å². The van der Waals surface area contributed by atoms with Crippen LogP contribution in [0.1, 0.15) is 12.5 Å². The Morgan fingerprint density at radius 2 is 1.32 bits per heavy atom. The van der Waals surface area contributed by atoms with Crippen molar-refractivity contribution >= 4 is 32.6 Å². The highest BCUT2D eigenvalue weighted by molar-refractivity contribution is 6.30. The molecule has 0 atom stereocenters. The SMILES string of the molecule is CCc1ccc2c(c1)-c1cccc3ccc4c(c13)c1c-2cccc1n4-c1ccccc1. The molecule has 5 aromatic carbocycles. The second-order valence-corrected chi connectivity index (χ2v) is 8.47. The molecule has 1 heteroatoms. The molecule has 0 saturated heterocycles. The van der Waals surface area contributed by atoms with Crippen molar-refractivity contribution in [1.29, 1.82) is 0 Å². The zero-order valence-corrected chi connectivity index (χ0v) is 17.4. The van der Waals surface area contributed by atoms with Crippen molar-refractivity contribution in [2.45, 2.75) is 13.3 Å². The lowest BCUT2D eigenvalue weighted by Gasteiger charge is -2.14. The van der Waals surface area contributed by atoms with Crippen molar-refractivity contribution in [1.82, 2.24) is 4.57 Å². The van der Waals surface area contributed by atoms with Crippen LogP contribution in [0.5, 0.6) is 0 Å². The largest absolute Gasteiger partial charge is 0.309 e. The minimum Gasteiger partial charge on any atom is -0.309 e. The first-order valence-corrected chi connectivity index (χ1v) is 11.0. The number of rotatable bonds is 2. The Hall–Kier alpha value is -3.84. The molecule has 0 amide bonds. The summed E-state index contributed by atoms with van der Waals surface area (Å²) in [6.07, 6.45) is 1.05. The summed E-state index contributed by atoms with van der Waals surface area (Å²) in [5.41, 5.74) is 10.5. The summed E-state index contributed by atoms with van der Waals surface area (Å²) in [5, 5.41) is 5.42. The predicted octanol–water partition coefficient (Wildman–Crippen LogP) is 8.15. The van der Waals surface area contributed by atoms with Gasteiger partial charge in [-0.05, 0) is 69.3 Å². The van der Waals surface area contributed by atoms with Crippen molar-refractivity contribution in [2.75, 3.05) is 0 Å². The number of para-hydroxylation sites is 1. The van der Waals surface area contributed by atoms with E-state index < -0.39 is 0 Å². The molecule has 0 radical (unpaired) electrons. The summed E-state index contributed by atoms with van der Waals surface area (Å²) in [5.74, 6) is 0. The Balaban J connectivity index is 1.79. The van der Waals surface area contributed by atoms with Gasteiger partial charge in [-0.15, -0.1) is 0 Å². The Bertz CT molecular complexity index is 1650. The zero-order chi connectivity index (χ0) is 20.5. The lowest BCUT2D eigenvalue weighted by molar-refractivity contribution is 1.14. The summed E-state index contributed by atoms with van der Waals surface area (Å²) in [4.78, 5) is 0. The van der Waals surface area contributed by atoms with Crippen LogP contribution in [0, 0.1) is 0 Å². The van der Waals surface area contributed by atoms with Gasteiger partial charge in [-0.2, -0.15) is 0 Å². The van der Waals surface area contributed by atoms with E-state index in [9.17, 15) is 0 Å². The van der Waals surface area contributed by atoms with E-state index >= 15 is 0 Å². The molecule has 0 N–H and O–H groups in total. The van der Waals surface area contributed by atoms with Crippen LogP contribution in [0.4, 0.5) is 0 Å². The van der Waals surface area contributed by atoms with E-state index in [0.717, 1.165) is 6.42 Å². The van der Waals surface area contributed by atoms with Crippen molar-refractivity contribution in [2.24, 2.45) is 0 Å². The summed E-state index contributed by atoms with van der Waals surface area (Å²) >= 11 is 0. The number of hydrogen-bond donors (Lipinski definition) is 0. The molecule has 31 heavy (non-hydrogen) atoms. The van der Waals surface area contributed by atoms with Crippen LogP contribution in [-0.4, -0.2) is 4.57 Å². The van der Waals surface area contributed by atoms with Gasteiger partial charge in [0.25, 0.3) is 0 Å². The van der Waals surface area contributed by atoms with E-state index in [4.69, 9.17) is 0 Å². The maximum Gasteiger partial charge on any atom is 0.0547 e. The van der Waals surface area contributed by atoms with E-state index in [-0.39, 0.29) is 0 Å². The van der Waals surface area contributed by atoms with E-state index in [1.54, 1.807) is 0 Å². The van der Waals surface area contributed by atoms with Gasteiger partial charge in [-0.1, -0.05) is 79.7 Å². The van der Waals surface area contributed by atoms with Crippen LogP contribution in [0.3, 0.4) is 0 Å². The smallest absolute Gasteiger partial charge is 0.0547 e. The third-order valence-electron chi connectivity index (χ3n) is 6.88. The average Bonchev–Trinajstić information content (AvgIpc) is 3.12. The fraction of sp³-hybridized carbons (Fsp3) is 0.0667. The first-order valence-electron chi connectivity index (χ1n) is 11.0. The monoisotopic (exact) mass is 395 g/mol. The van der Waals surface area contributed by atoms with E-state index in [1.807, 2.05) is 0 Å². The molecule has 0 bridgehead atoms. The van der Waals surface area contributed by atoms with Crippen LogP contribution in [0.25, 0.3) is 60.5 Å². The van der Waals surface area contributed by atoms with Crippen molar-refractivity contribution < 1.29 is 0 Å².